The second-order valence-electron chi connectivity index (χ2n) is 7.96. The van der Waals surface area contributed by atoms with Crippen molar-refractivity contribution in [2.75, 3.05) is 33.8 Å². The Morgan fingerprint density at radius 2 is 2.07 bits per heavy atom. The van der Waals surface area contributed by atoms with Gasteiger partial charge in [-0.2, -0.15) is 0 Å². The number of likely N-dealkylation sites (N-methyl/N-ethyl adjacent to an activating group) is 1. The molecule has 0 spiro atoms. The molecule has 1 aromatic carbocycles. The van der Waals surface area contributed by atoms with Crippen LogP contribution in [0.1, 0.15) is 42.5 Å². The number of hydrogen-bond donors (Lipinski definition) is 1. The van der Waals surface area contributed by atoms with Crippen LogP contribution in [-0.2, 0) is 24.4 Å². The molecule has 8 nitrogen and oxygen atoms in total. The van der Waals surface area contributed by atoms with Gasteiger partial charge < -0.3 is 19.5 Å². The smallest absolute Gasteiger partial charge is 0.237 e. The fraction of sp³-hybridized carbons (Fsp3) is 0.571. The van der Waals surface area contributed by atoms with Crippen LogP contribution in [0.25, 0.3) is 0 Å². The van der Waals surface area contributed by atoms with Crippen LogP contribution in [0.5, 0.6) is 5.75 Å². The summed E-state index contributed by atoms with van der Waals surface area (Å²) in [5, 5.41) is 12.4. The number of carbonyl (C=O) groups excluding carboxylic acids is 1. The number of piperidine rings is 1. The quantitative estimate of drug-likeness (QED) is 0.796. The van der Waals surface area contributed by atoms with Crippen LogP contribution in [0.4, 0.5) is 0 Å². The van der Waals surface area contributed by atoms with Crippen LogP contribution in [0.15, 0.2) is 24.3 Å². The van der Waals surface area contributed by atoms with Crippen molar-refractivity contribution >= 4 is 5.91 Å². The molecule has 2 aliphatic heterocycles. The van der Waals surface area contributed by atoms with Crippen LogP contribution < -0.4 is 10.1 Å². The maximum Gasteiger partial charge on any atom is 0.237 e. The van der Waals surface area contributed by atoms with E-state index in [1.165, 1.54) is 12.8 Å². The van der Waals surface area contributed by atoms with E-state index >= 15 is 0 Å². The van der Waals surface area contributed by atoms with Crippen LogP contribution >= 0.6 is 0 Å². The SMILES string of the molecule is COc1ccc(CN(C)CC(=O)N2CCn3c(nnc3C3CCCCN3)C2)cc1. The number of fused-ring (bicyclic) bond motifs is 1. The van der Waals surface area contributed by atoms with E-state index in [4.69, 9.17) is 4.74 Å². The van der Waals surface area contributed by atoms with Gasteiger partial charge in [-0.05, 0) is 44.1 Å². The summed E-state index contributed by atoms with van der Waals surface area (Å²) in [7, 11) is 3.63. The Morgan fingerprint density at radius 1 is 1.24 bits per heavy atom. The summed E-state index contributed by atoms with van der Waals surface area (Å²) in [6.45, 7) is 4.16. The predicted octanol–water partition coefficient (Wildman–Crippen LogP) is 1.58. The first-order chi connectivity index (χ1) is 14.1. The summed E-state index contributed by atoms with van der Waals surface area (Å²) >= 11 is 0. The van der Waals surface area contributed by atoms with E-state index in [9.17, 15) is 4.79 Å². The van der Waals surface area contributed by atoms with Gasteiger partial charge in [0, 0.05) is 19.6 Å². The summed E-state index contributed by atoms with van der Waals surface area (Å²) in [5.74, 6) is 2.90. The van der Waals surface area contributed by atoms with E-state index in [1.54, 1.807) is 7.11 Å². The highest BCUT2D eigenvalue weighted by Crippen LogP contribution is 2.24. The van der Waals surface area contributed by atoms with Crippen molar-refractivity contribution in [3.8, 4) is 5.75 Å². The van der Waals surface area contributed by atoms with E-state index in [0.29, 0.717) is 25.7 Å². The summed E-state index contributed by atoms with van der Waals surface area (Å²) < 4.78 is 7.40. The maximum absolute atomic E-state index is 12.8. The van der Waals surface area contributed by atoms with Gasteiger partial charge >= 0.3 is 0 Å². The molecule has 2 aliphatic rings. The molecule has 29 heavy (non-hydrogen) atoms. The average Bonchev–Trinajstić information content (AvgIpc) is 3.18. The first-order valence-corrected chi connectivity index (χ1v) is 10.4. The van der Waals surface area contributed by atoms with Gasteiger partial charge in [-0.25, -0.2) is 0 Å². The molecule has 1 aromatic heterocycles. The average molecular weight is 399 g/mol. The molecule has 0 aliphatic carbocycles. The van der Waals surface area contributed by atoms with Crippen molar-refractivity contribution in [1.29, 1.82) is 0 Å². The molecule has 1 fully saturated rings. The Bertz CT molecular complexity index is 828. The van der Waals surface area contributed by atoms with Crippen molar-refractivity contribution in [1.82, 2.24) is 29.9 Å². The van der Waals surface area contributed by atoms with E-state index in [2.05, 4.69) is 20.1 Å². The normalized spacial score (nSPS) is 19.3. The molecular weight excluding hydrogens is 368 g/mol. The lowest BCUT2D eigenvalue weighted by Crippen LogP contribution is -2.43. The Labute approximate surface area is 171 Å². The molecule has 0 bridgehead atoms. The fourth-order valence-electron chi connectivity index (χ4n) is 4.15. The summed E-state index contributed by atoms with van der Waals surface area (Å²) in [6, 6.07) is 8.25. The first-order valence-electron chi connectivity index (χ1n) is 10.4. The van der Waals surface area contributed by atoms with E-state index < -0.39 is 0 Å². The number of amides is 1. The molecule has 1 unspecified atom stereocenters. The van der Waals surface area contributed by atoms with Crippen molar-refractivity contribution in [3.05, 3.63) is 41.5 Å². The molecule has 3 heterocycles. The minimum absolute atomic E-state index is 0.132. The van der Waals surface area contributed by atoms with Crippen molar-refractivity contribution in [3.63, 3.8) is 0 Å². The first kappa shape index (κ1) is 19.8. The van der Waals surface area contributed by atoms with Crippen molar-refractivity contribution in [2.45, 2.75) is 44.9 Å². The van der Waals surface area contributed by atoms with Crippen molar-refractivity contribution < 1.29 is 9.53 Å². The van der Waals surface area contributed by atoms with Gasteiger partial charge in [0.15, 0.2) is 5.82 Å². The van der Waals surface area contributed by atoms with Gasteiger partial charge in [0.25, 0.3) is 0 Å². The van der Waals surface area contributed by atoms with Gasteiger partial charge in [-0.1, -0.05) is 18.6 Å². The number of ether oxygens (including phenoxy) is 1. The van der Waals surface area contributed by atoms with Gasteiger partial charge in [0.2, 0.25) is 5.91 Å². The number of carbonyl (C=O) groups is 1. The van der Waals surface area contributed by atoms with Crippen LogP contribution in [0, 0.1) is 0 Å². The predicted molar refractivity (Wildman–Crippen MR) is 109 cm³/mol. The molecule has 1 N–H and O–H groups in total. The highest BCUT2D eigenvalue weighted by Gasteiger charge is 2.28. The molecule has 156 valence electrons. The van der Waals surface area contributed by atoms with Gasteiger partial charge in [0.05, 0.1) is 26.2 Å². The topological polar surface area (TPSA) is 75.5 Å². The lowest BCUT2D eigenvalue weighted by Gasteiger charge is -2.31. The summed E-state index contributed by atoms with van der Waals surface area (Å²) in [4.78, 5) is 16.7. The molecule has 4 rings (SSSR count). The van der Waals surface area contributed by atoms with Crippen LogP contribution in [0.3, 0.4) is 0 Å². The zero-order valence-electron chi connectivity index (χ0n) is 17.3. The Balaban J connectivity index is 1.32. The van der Waals surface area contributed by atoms with Gasteiger partial charge in [0.1, 0.15) is 11.6 Å². The minimum atomic E-state index is 0.132. The highest BCUT2D eigenvalue weighted by molar-refractivity contribution is 5.78. The Hall–Kier alpha value is -2.45. The third kappa shape index (κ3) is 4.59. The molecule has 1 atom stereocenters. The number of hydrogen-bond acceptors (Lipinski definition) is 6. The zero-order chi connectivity index (χ0) is 20.2. The molecule has 1 amide bonds. The molecule has 0 saturated carbocycles. The summed E-state index contributed by atoms with van der Waals surface area (Å²) in [6.07, 6.45) is 3.56. The highest BCUT2D eigenvalue weighted by atomic mass is 16.5. The molecule has 1 saturated heterocycles. The Kier molecular flexibility index (Phi) is 6.10. The largest absolute Gasteiger partial charge is 0.497 e. The number of aromatic nitrogens is 3. The monoisotopic (exact) mass is 398 g/mol. The Morgan fingerprint density at radius 3 is 2.79 bits per heavy atom. The van der Waals surface area contributed by atoms with E-state index in [0.717, 1.165) is 49.0 Å². The number of nitrogens with one attached hydrogen (secondary N) is 1. The van der Waals surface area contributed by atoms with E-state index in [-0.39, 0.29) is 5.91 Å². The summed E-state index contributed by atoms with van der Waals surface area (Å²) in [5.41, 5.74) is 1.16. The molecule has 8 heteroatoms. The number of methoxy groups -OCH3 is 1. The van der Waals surface area contributed by atoms with Crippen LogP contribution in [-0.4, -0.2) is 64.3 Å². The second-order valence-corrected chi connectivity index (χ2v) is 7.96. The number of rotatable bonds is 6. The third-order valence-electron chi connectivity index (χ3n) is 5.77. The lowest BCUT2D eigenvalue weighted by molar-refractivity contribution is -0.133. The lowest BCUT2D eigenvalue weighted by atomic mass is 10.0. The minimum Gasteiger partial charge on any atom is -0.497 e. The van der Waals surface area contributed by atoms with E-state index in [1.807, 2.05) is 41.1 Å². The second kappa shape index (κ2) is 8.92. The van der Waals surface area contributed by atoms with Crippen LogP contribution in [0.2, 0.25) is 0 Å². The standard InChI is InChI=1S/C21H30N6O2/c1-25(13-16-6-8-17(29-2)9-7-16)15-20(28)26-11-12-27-19(14-26)23-24-21(27)18-5-3-4-10-22-18/h6-9,18,22H,3-5,10-15H2,1-2H3. The molecule has 2 aromatic rings. The molecule has 0 radical (unpaired) electrons. The third-order valence-corrected chi connectivity index (χ3v) is 5.77. The van der Waals surface area contributed by atoms with Crippen molar-refractivity contribution in [2.24, 2.45) is 0 Å². The number of benzene rings is 1. The van der Waals surface area contributed by atoms with Gasteiger partial charge in [-0.15, -0.1) is 10.2 Å². The van der Waals surface area contributed by atoms with Gasteiger partial charge in [-0.3, -0.25) is 9.69 Å². The maximum atomic E-state index is 12.8. The molecular formula is C21H30N6O2. The zero-order valence-corrected chi connectivity index (χ0v) is 17.3. The fourth-order valence-corrected chi connectivity index (χ4v) is 4.15. The number of nitrogens with zero attached hydrogens (tertiary/aromatic N) is 5.